The molecule has 3 aromatic heterocycles. The van der Waals surface area contributed by atoms with Gasteiger partial charge in [0, 0.05) is 36.5 Å². The van der Waals surface area contributed by atoms with Crippen LogP contribution in [0, 0.1) is 12.7 Å². The molecule has 5 rings (SSSR count). The van der Waals surface area contributed by atoms with Crippen LogP contribution in [0.1, 0.15) is 66.9 Å². The number of nitrogens with zero attached hydrogens (tertiary/aromatic N) is 6. The summed E-state index contributed by atoms with van der Waals surface area (Å²) < 4.78 is 15.1. The minimum atomic E-state index is -0.620. The van der Waals surface area contributed by atoms with Crippen LogP contribution in [0.15, 0.2) is 42.9 Å². The van der Waals surface area contributed by atoms with E-state index >= 15 is 0 Å². The first kappa shape index (κ1) is 25.6. The number of imidazole rings is 2. The normalized spacial score (nSPS) is 15.8. The molecule has 1 aliphatic heterocycles. The summed E-state index contributed by atoms with van der Waals surface area (Å²) in [5.74, 6) is -0.680. The predicted octanol–water partition coefficient (Wildman–Crippen LogP) is 4.24. The topological polar surface area (TPSA) is 99.5 Å². The van der Waals surface area contributed by atoms with Crippen LogP contribution in [0.5, 0.6) is 0 Å². The zero-order valence-corrected chi connectivity index (χ0v) is 22.5. The number of carbonyl (C=O) groups excluding carboxylic acids is 2. The van der Waals surface area contributed by atoms with E-state index < -0.39 is 5.54 Å². The molecule has 4 heterocycles. The molecule has 1 aliphatic rings. The maximum Gasteiger partial charge on any atom is 0.274 e. The number of hydrogen-bond donors (Lipinski definition) is 1. The summed E-state index contributed by atoms with van der Waals surface area (Å²) in [5, 5.41) is 4.70. The molecule has 1 aromatic carbocycles. The van der Waals surface area contributed by atoms with E-state index in [9.17, 15) is 14.0 Å². The van der Waals surface area contributed by atoms with Gasteiger partial charge in [-0.25, -0.2) is 18.9 Å². The van der Waals surface area contributed by atoms with Crippen LogP contribution < -0.4 is 0 Å². The number of benzene rings is 1. The lowest BCUT2D eigenvalue weighted by atomic mass is 9.87. The molecule has 0 atom stereocenters. The Morgan fingerprint density at radius 3 is 2.39 bits per heavy atom. The Labute approximate surface area is 220 Å². The Morgan fingerprint density at radius 2 is 1.79 bits per heavy atom. The second kappa shape index (κ2) is 9.04. The van der Waals surface area contributed by atoms with E-state index in [1.54, 1.807) is 32.6 Å². The SMILES string of the molecule is Cc1[nH]cnc1C(=O)N1CCN(C(=O)c2cn3nc(-c4ccc(F)cc4)cc(C(C)(C)C)c3n2)C(C)(C)C1. The summed E-state index contributed by atoms with van der Waals surface area (Å²) >= 11 is 0. The zero-order valence-electron chi connectivity index (χ0n) is 22.5. The lowest BCUT2D eigenvalue weighted by Crippen LogP contribution is -2.62. The monoisotopic (exact) mass is 517 g/mol. The number of carbonyl (C=O) groups is 2. The molecule has 0 radical (unpaired) electrons. The third-order valence-electron chi connectivity index (χ3n) is 7.06. The fourth-order valence-electron chi connectivity index (χ4n) is 4.96. The maximum atomic E-state index is 13.8. The quantitative estimate of drug-likeness (QED) is 0.438. The van der Waals surface area contributed by atoms with E-state index in [1.165, 1.54) is 18.5 Å². The van der Waals surface area contributed by atoms with E-state index in [0.717, 1.165) is 16.8 Å². The van der Waals surface area contributed by atoms with Crippen LogP contribution in [0.4, 0.5) is 4.39 Å². The second-order valence-electron chi connectivity index (χ2n) is 11.5. The number of rotatable bonds is 3. The van der Waals surface area contributed by atoms with Gasteiger partial charge in [0.1, 0.15) is 17.2 Å². The molecule has 0 saturated carbocycles. The summed E-state index contributed by atoms with van der Waals surface area (Å²) in [6, 6.07) is 8.14. The smallest absolute Gasteiger partial charge is 0.274 e. The van der Waals surface area contributed by atoms with Gasteiger partial charge < -0.3 is 14.8 Å². The van der Waals surface area contributed by atoms with Crippen molar-refractivity contribution in [1.82, 2.24) is 34.4 Å². The molecule has 0 bridgehead atoms. The van der Waals surface area contributed by atoms with Gasteiger partial charge in [0.2, 0.25) is 0 Å². The molecule has 38 heavy (non-hydrogen) atoms. The number of H-pyrrole nitrogens is 1. The van der Waals surface area contributed by atoms with Crippen molar-refractivity contribution in [2.45, 2.75) is 52.5 Å². The van der Waals surface area contributed by atoms with Crippen molar-refractivity contribution in [2.75, 3.05) is 19.6 Å². The number of piperazine rings is 1. The number of hydrogen-bond acceptors (Lipinski definition) is 5. The van der Waals surface area contributed by atoms with Crippen molar-refractivity contribution < 1.29 is 14.0 Å². The van der Waals surface area contributed by atoms with E-state index in [4.69, 9.17) is 10.1 Å². The van der Waals surface area contributed by atoms with Crippen LogP contribution in [-0.2, 0) is 5.41 Å². The van der Waals surface area contributed by atoms with E-state index in [-0.39, 0.29) is 28.7 Å². The lowest BCUT2D eigenvalue weighted by molar-refractivity contribution is 0.0162. The standard InChI is InChI=1S/C28H32FN7O2/c1-17-23(31-16-30-17)26(38)34-11-12-35(28(5,6)15-34)25(37)22-14-36-24(32-22)20(27(2,3)4)13-21(33-36)18-7-9-19(29)10-8-18/h7-10,13-14,16H,11-12,15H2,1-6H3,(H,30,31). The van der Waals surface area contributed by atoms with Crippen molar-refractivity contribution in [3.8, 4) is 11.3 Å². The van der Waals surface area contributed by atoms with Crippen LogP contribution >= 0.6 is 0 Å². The van der Waals surface area contributed by atoms with Crippen LogP contribution in [0.25, 0.3) is 16.9 Å². The molecule has 1 saturated heterocycles. The molecule has 10 heteroatoms. The lowest BCUT2D eigenvalue weighted by Gasteiger charge is -2.46. The first-order valence-corrected chi connectivity index (χ1v) is 12.6. The molecule has 2 amide bonds. The Kier molecular flexibility index (Phi) is 6.08. The Balaban J connectivity index is 1.46. The number of fused-ring (bicyclic) bond motifs is 1. The van der Waals surface area contributed by atoms with Crippen molar-refractivity contribution in [3.63, 3.8) is 0 Å². The minimum Gasteiger partial charge on any atom is -0.348 e. The Morgan fingerprint density at radius 1 is 1.08 bits per heavy atom. The van der Waals surface area contributed by atoms with Gasteiger partial charge in [-0.3, -0.25) is 9.59 Å². The molecule has 0 unspecified atom stereocenters. The maximum absolute atomic E-state index is 13.8. The summed E-state index contributed by atoms with van der Waals surface area (Å²) in [5.41, 5.74) is 3.48. The van der Waals surface area contributed by atoms with Crippen LogP contribution in [0.2, 0.25) is 0 Å². The zero-order chi connectivity index (χ0) is 27.4. The number of aromatic amines is 1. The van der Waals surface area contributed by atoms with Crippen LogP contribution in [0.3, 0.4) is 0 Å². The Hall–Kier alpha value is -4.08. The predicted molar refractivity (Wildman–Crippen MR) is 141 cm³/mol. The largest absolute Gasteiger partial charge is 0.348 e. The highest BCUT2D eigenvalue weighted by atomic mass is 19.1. The number of aryl methyl sites for hydroxylation is 1. The van der Waals surface area contributed by atoms with Gasteiger partial charge in [-0.1, -0.05) is 20.8 Å². The number of halogens is 1. The molecule has 1 fully saturated rings. The molecule has 198 valence electrons. The third-order valence-corrected chi connectivity index (χ3v) is 7.06. The average Bonchev–Trinajstić information content (AvgIpc) is 3.48. The van der Waals surface area contributed by atoms with E-state index in [1.807, 2.05) is 26.8 Å². The van der Waals surface area contributed by atoms with Gasteiger partial charge in [0.05, 0.1) is 23.8 Å². The minimum absolute atomic E-state index is 0.149. The van der Waals surface area contributed by atoms with Crippen molar-refractivity contribution >= 4 is 17.5 Å². The average molecular weight is 518 g/mol. The molecule has 0 aliphatic carbocycles. The van der Waals surface area contributed by atoms with Gasteiger partial charge in [0.15, 0.2) is 5.65 Å². The fourth-order valence-corrected chi connectivity index (χ4v) is 4.96. The first-order valence-electron chi connectivity index (χ1n) is 12.6. The molecule has 4 aromatic rings. The molecular formula is C28H32FN7O2. The van der Waals surface area contributed by atoms with Gasteiger partial charge in [-0.05, 0) is 56.5 Å². The summed E-state index contributed by atoms with van der Waals surface area (Å²) in [6.45, 7) is 13.1. The van der Waals surface area contributed by atoms with E-state index in [0.29, 0.717) is 36.7 Å². The summed E-state index contributed by atoms with van der Waals surface area (Å²) in [6.07, 6.45) is 3.17. The molecular weight excluding hydrogens is 485 g/mol. The highest BCUT2D eigenvalue weighted by Gasteiger charge is 2.40. The molecule has 9 nitrogen and oxygen atoms in total. The summed E-state index contributed by atoms with van der Waals surface area (Å²) in [4.78, 5) is 42.1. The Bertz CT molecular complexity index is 1530. The van der Waals surface area contributed by atoms with Crippen molar-refractivity contribution in [1.29, 1.82) is 0 Å². The van der Waals surface area contributed by atoms with Crippen LogP contribution in [-0.4, -0.2) is 71.4 Å². The van der Waals surface area contributed by atoms with Gasteiger partial charge in [0.25, 0.3) is 11.8 Å². The van der Waals surface area contributed by atoms with Gasteiger partial charge in [-0.2, -0.15) is 5.10 Å². The molecule has 0 spiro atoms. The highest BCUT2D eigenvalue weighted by molar-refractivity contribution is 5.95. The van der Waals surface area contributed by atoms with Crippen molar-refractivity contribution in [2.24, 2.45) is 0 Å². The molecule has 1 N–H and O–H groups in total. The number of nitrogens with one attached hydrogen (secondary N) is 1. The van der Waals surface area contributed by atoms with Gasteiger partial charge in [-0.15, -0.1) is 0 Å². The number of amides is 2. The first-order chi connectivity index (χ1) is 17.8. The fraction of sp³-hybridized carbons (Fsp3) is 0.393. The number of aromatic nitrogens is 5. The van der Waals surface area contributed by atoms with Crippen molar-refractivity contribution in [3.05, 3.63) is 71.3 Å². The summed E-state index contributed by atoms with van der Waals surface area (Å²) in [7, 11) is 0. The second-order valence-corrected chi connectivity index (χ2v) is 11.5. The highest BCUT2D eigenvalue weighted by Crippen LogP contribution is 2.31. The third kappa shape index (κ3) is 4.55. The van der Waals surface area contributed by atoms with E-state index in [2.05, 4.69) is 30.7 Å². The van der Waals surface area contributed by atoms with Gasteiger partial charge >= 0.3 is 0 Å².